The highest BCUT2D eigenvalue weighted by molar-refractivity contribution is 5.78. The molecule has 2 aromatic rings. The van der Waals surface area contributed by atoms with Gasteiger partial charge in [0.1, 0.15) is 5.75 Å². The van der Waals surface area contributed by atoms with Crippen LogP contribution in [0.3, 0.4) is 0 Å². The van der Waals surface area contributed by atoms with Crippen molar-refractivity contribution in [3.8, 4) is 5.75 Å². The van der Waals surface area contributed by atoms with Crippen LogP contribution in [0.1, 0.15) is 35.6 Å². The zero-order valence-corrected chi connectivity index (χ0v) is 16.0. The summed E-state index contributed by atoms with van der Waals surface area (Å²) in [5.41, 5.74) is 3.46. The summed E-state index contributed by atoms with van der Waals surface area (Å²) >= 11 is 0. The van der Waals surface area contributed by atoms with Crippen molar-refractivity contribution in [3.63, 3.8) is 0 Å². The van der Waals surface area contributed by atoms with Crippen LogP contribution < -0.4 is 10.1 Å². The van der Waals surface area contributed by atoms with Gasteiger partial charge in [0.25, 0.3) is 0 Å². The maximum Gasteiger partial charge on any atom is 0.387 e. The van der Waals surface area contributed by atoms with Crippen molar-refractivity contribution in [2.45, 2.75) is 38.8 Å². The number of nitrogens with zero attached hydrogens (tertiary/aromatic N) is 1. The molecule has 0 aliphatic carbocycles. The predicted molar refractivity (Wildman–Crippen MR) is 105 cm³/mol. The first-order valence-corrected chi connectivity index (χ1v) is 9.62. The first-order valence-electron chi connectivity index (χ1n) is 9.62. The largest absolute Gasteiger partial charge is 0.435 e. The minimum Gasteiger partial charge on any atom is -0.435 e. The maximum absolute atomic E-state index is 12.3. The summed E-state index contributed by atoms with van der Waals surface area (Å²) < 4.78 is 28.6. The molecule has 2 aromatic carbocycles. The van der Waals surface area contributed by atoms with Crippen LogP contribution in [0, 0.1) is 6.92 Å². The van der Waals surface area contributed by atoms with Crippen molar-refractivity contribution in [3.05, 3.63) is 65.2 Å². The fourth-order valence-electron chi connectivity index (χ4n) is 3.61. The quantitative estimate of drug-likeness (QED) is 0.741. The second-order valence-electron chi connectivity index (χ2n) is 7.16. The molecular weight excluding hydrogens is 362 g/mol. The summed E-state index contributed by atoms with van der Waals surface area (Å²) in [5, 5.41) is 2.95. The minimum absolute atomic E-state index is 0.0108. The number of alkyl halides is 2. The van der Waals surface area contributed by atoms with Crippen molar-refractivity contribution >= 4 is 5.91 Å². The van der Waals surface area contributed by atoms with Gasteiger partial charge in [0, 0.05) is 12.6 Å². The lowest BCUT2D eigenvalue weighted by molar-refractivity contribution is -0.122. The normalized spacial score (nSPS) is 17.1. The van der Waals surface area contributed by atoms with Gasteiger partial charge in [0.2, 0.25) is 5.91 Å². The summed E-state index contributed by atoms with van der Waals surface area (Å²) in [4.78, 5) is 14.6. The van der Waals surface area contributed by atoms with Crippen LogP contribution in [0.5, 0.6) is 5.75 Å². The number of rotatable bonds is 8. The molecule has 28 heavy (non-hydrogen) atoms. The molecule has 1 fully saturated rings. The average molecular weight is 388 g/mol. The Morgan fingerprint density at radius 1 is 1.18 bits per heavy atom. The molecule has 0 bridgehead atoms. The van der Waals surface area contributed by atoms with Crippen molar-refractivity contribution < 1.29 is 18.3 Å². The monoisotopic (exact) mass is 388 g/mol. The topological polar surface area (TPSA) is 41.6 Å². The molecule has 1 N–H and O–H groups in total. The third-order valence-electron chi connectivity index (χ3n) is 5.06. The molecule has 1 amide bonds. The number of halogens is 2. The Balaban J connectivity index is 1.44. The molecule has 3 rings (SSSR count). The highest BCUT2D eigenvalue weighted by Gasteiger charge is 2.27. The fraction of sp³-hybridized carbons (Fsp3) is 0.409. The summed E-state index contributed by atoms with van der Waals surface area (Å²) in [7, 11) is 0. The van der Waals surface area contributed by atoms with Gasteiger partial charge in [-0.25, -0.2) is 0 Å². The molecule has 0 aromatic heterocycles. The van der Waals surface area contributed by atoms with E-state index in [4.69, 9.17) is 0 Å². The van der Waals surface area contributed by atoms with E-state index < -0.39 is 6.61 Å². The zero-order valence-electron chi connectivity index (χ0n) is 16.0. The molecule has 0 saturated carbocycles. The number of carbonyl (C=O) groups is 1. The summed E-state index contributed by atoms with van der Waals surface area (Å²) in [5.74, 6) is 0.149. The third-order valence-corrected chi connectivity index (χ3v) is 5.06. The van der Waals surface area contributed by atoms with E-state index in [0.717, 1.165) is 24.9 Å². The van der Waals surface area contributed by atoms with Gasteiger partial charge in [-0.15, -0.1) is 0 Å². The van der Waals surface area contributed by atoms with E-state index in [1.54, 1.807) is 12.1 Å². The molecule has 4 nitrogen and oxygen atoms in total. The van der Waals surface area contributed by atoms with E-state index in [-0.39, 0.29) is 11.7 Å². The van der Waals surface area contributed by atoms with Crippen LogP contribution in [0.2, 0.25) is 0 Å². The van der Waals surface area contributed by atoms with Crippen molar-refractivity contribution in [1.82, 2.24) is 10.2 Å². The Bertz CT molecular complexity index is 763. The molecule has 0 radical (unpaired) electrons. The van der Waals surface area contributed by atoms with Gasteiger partial charge in [-0.2, -0.15) is 8.78 Å². The number of ether oxygens (including phenoxy) is 1. The molecule has 0 spiro atoms. The number of amides is 1. The zero-order chi connectivity index (χ0) is 19.9. The van der Waals surface area contributed by atoms with Crippen LogP contribution in [-0.4, -0.2) is 37.1 Å². The smallest absolute Gasteiger partial charge is 0.387 e. The summed E-state index contributed by atoms with van der Waals surface area (Å²) in [6, 6.07) is 15.3. The molecule has 1 aliphatic rings. The lowest BCUT2D eigenvalue weighted by Gasteiger charge is -2.24. The highest BCUT2D eigenvalue weighted by atomic mass is 19.3. The Labute approximate surface area is 164 Å². The average Bonchev–Trinajstić information content (AvgIpc) is 3.11. The number of aryl methyl sites for hydroxylation is 1. The molecule has 1 heterocycles. The second kappa shape index (κ2) is 9.64. The number of hydrogen-bond donors (Lipinski definition) is 1. The standard InChI is InChI=1S/C22H26F2N2O2/c1-16-4-8-18(9-5-16)20-3-2-14-26(20)15-21(27)25-13-12-17-6-10-19(11-7-17)28-22(23)24/h4-11,20,22H,2-3,12-15H2,1H3,(H,25,27). The Morgan fingerprint density at radius 3 is 2.57 bits per heavy atom. The molecular formula is C22H26F2N2O2. The van der Waals surface area contributed by atoms with Crippen LogP contribution in [-0.2, 0) is 11.2 Å². The Morgan fingerprint density at radius 2 is 1.89 bits per heavy atom. The SMILES string of the molecule is Cc1ccc(C2CCCN2CC(=O)NCCc2ccc(OC(F)F)cc2)cc1. The van der Waals surface area contributed by atoms with E-state index in [1.165, 1.54) is 23.3 Å². The van der Waals surface area contributed by atoms with Gasteiger partial charge in [-0.3, -0.25) is 9.69 Å². The molecule has 6 heteroatoms. The third kappa shape index (κ3) is 5.76. The van der Waals surface area contributed by atoms with Gasteiger partial charge < -0.3 is 10.1 Å². The first kappa shape index (κ1) is 20.3. The number of likely N-dealkylation sites (tertiary alicyclic amines) is 1. The van der Waals surface area contributed by atoms with Crippen LogP contribution >= 0.6 is 0 Å². The van der Waals surface area contributed by atoms with E-state index in [9.17, 15) is 13.6 Å². The van der Waals surface area contributed by atoms with Gasteiger partial charge in [0.15, 0.2) is 0 Å². The van der Waals surface area contributed by atoms with E-state index in [1.807, 2.05) is 0 Å². The lowest BCUT2D eigenvalue weighted by atomic mass is 10.0. The number of carbonyl (C=O) groups excluding carboxylic acids is 1. The highest BCUT2D eigenvalue weighted by Crippen LogP contribution is 2.31. The van der Waals surface area contributed by atoms with Crippen LogP contribution in [0.15, 0.2) is 48.5 Å². The van der Waals surface area contributed by atoms with Crippen molar-refractivity contribution in [2.24, 2.45) is 0 Å². The molecule has 1 atom stereocenters. The maximum atomic E-state index is 12.3. The van der Waals surface area contributed by atoms with Crippen molar-refractivity contribution in [1.29, 1.82) is 0 Å². The molecule has 1 aliphatic heterocycles. The number of benzene rings is 2. The summed E-state index contributed by atoms with van der Waals surface area (Å²) in [6.45, 7) is 1.08. The Kier molecular flexibility index (Phi) is 6.98. The fourth-order valence-corrected chi connectivity index (χ4v) is 3.61. The number of hydrogen-bond acceptors (Lipinski definition) is 3. The predicted octanol–water partition coefficient (Wildman–Crippen LogP) is 4.09. The summed E-state index contributed by atoms with van der Waals surface area (Å²) in [6.07, 6.45) is 2.81. The van der Waals surface area contributed by atoms with Gasteiger partial charge in [-0.1, -0.05) is 42.0 Å². The molecule has 1 saturated heterocycles. The van der Waals surface area contributed by atoms with Gasteiger partial charge in [0.05, 0.1) is 6.54 Å². The lowest BCUT2D eigenvalue weighted by Crippen LogP contribution is -2.37. The minimum atomic E-state index is -2.82. The van der Waals surface area contributed by atoms with Gasteiger partial charge >= 0.3 is 6.61 Å². The second-order valence-corrected chi connectivity index (χ2v) is 7.16. The molecule has 150 valence electrons. The van der Waals surface area contributed by atoms with E-state index in [0.29, 0.717) is 25.6 Å². The molecule has 1 unspecified atom stereocenters. The number of nitrogens with one attached hydrogen (secondary N) is 1. The van der Waals surface area contributed by atoms with Crippen LogP contribution in [0.4, 0.5) is 8.78 Å². The Hall–Kier alpha value is -2.47. The van der Waals surface area contributed by atoms with E-state index >= 15 is 0 Å². The van der Waals surface area contributed by atoms with Crippen LogP contribution in [0.25, 0.3) is 0 Å². The first-order chi connectivity index (χ1) is 13.5. The van der Waals surface area contributed by atoms with Crippen molar-refractivity contribution in [2.75, 3.05) is 19.6 Å². The van der Waals surface area contributed by atoms with E-state index in [2.05, 4.69) is 46.1 Å². The van der Waals surface area contributed by atoms with Gasteiger partial charge in [-0.05, 0) is 56.0 Å².